The maximum Gasteiger partial charge on any atom is 0.161 e. The molecule has 0 unspecified atom stereocenters. The van der Waals surface area contributed by atoms with Crippen molar-refractivity contribution in [2.45, 2.75) is 19.7 Å². The van der Waals surface area contributed by atoms with E-state index in [0.717, 1.165) is 28.2 Å². The molecule has 0 saturated carbocycles. The van der Waals surface area contributed by atoms with E-state index < -0.39 is 0 Å². The van der Waals surface area contributed by atoms with Gasteiger partial charge in [-0.2, -0.15) is 0 Å². The number of hydrogen-bond acceptors (Lipinski definition) is 6. The first-order valence-corrected chi connectivity index (χ1v) is 9.33. The van der Waals surface area contributed by atoms with Crippen molar-refractivity contribution in [2.24, 2.45) is 0 Å². The van der Waals surface area contributed by atoms with Gasteiger partial charge in [-0.1, -0.05) is 12.1 Å². The van der Waals surface area contributed by atoms with Gasteiger partial charge in [-0.25, -0.2) is 0 Å². The zero-order valence-corrected chi connectivity index (χ0v) is 17.0. The second kappa shape index (κ2) is 10.3. The van der Waals surface area contributed by atoms with Crippen LogP contribution in [-0.2, 0) is 19.7 Å². The lowest BCUT2D eigenvalue weighted by Crippen LogP contribution is -2.13. The van der Waals surface area contributed by atoms with Crippen LogP contribution in [0.1, 0.15) is 16.7 Å². The zero-order valence-electron chi connectivity index (χ0n) is 17.0. The van der Waals surface area contributed by atoms with Crippen LogP contribution in [-0.4, -0.2) is 26.3 Å². The molecule has 0 saturated heterocycles. The molecule has 1 aromatic heterocycles. The molecule has 0 atom stereocenters. The number of methoxy groups -OCH3 is 3. The number of nitrogens with one attached hydrogen (secondary N) is 1. The number of rotatable bonds is 10. The van der Waals surface area contributed by atoms with Gasteiger partial charge in [0, 0.05) is 25.5 Å². The molecule has 6 heteroatoms. The van der Waals surface area contributed by atoms with Gasteiger partial charge in [-0.3, -0.25) is 4.98 Å². The van der Waals surface area contributed by atoms with Gasteiger partial charge >= 0.3 is 0 Å². The molecule has 3 aromatic rings. The van der Waals surface area contributed by atoms with E-state index in [9.17, 15) is 0 Å². The standard InChI is InChI=1S/C23H26N2O4/c1-26-20-6-4-18(12-22(20)27-2)14-25-15-19-5-7-21(23(13-19)28-3)29-16-17-8-10-24-11-9-17/h4-13,25H,14-16H2,1-3H3. The lowest BCUT2D eigenvalue weighted by molar-refractivity contribution is 0.284. The van der Waals surface area contributed by atoms with Crippen molar-refractivity contribution in [3.63, 3.8) is 0 Å². The Morgan fingerprint density at radius 1 is 0.655 bits per heavy atom. The van der Waals surface area contributed by atoms with Gasteiger partial charge in [0.1, 0.15) is 6.61 Å². The number of hydrogen-bond donors (Lipinski definition) is 1. The van der Waals surface area contributed by atoms with E-state index in [1.807, 2.05) is 48.5 Å². The summed E-state index contributed by atoms with van der Waals surface area (Å²) in [5.41, 5.74) is 3.29. The van der Waals surface area contributed by atoms with Crippen LogP contribution in [0.2, 0.25) is 0 Å². The van der Waals surface area contributed by atoms with Crippen molar-refractivity contribution in [1.29, 1.82) is 0 Å². The summed E-state index contributed by atoms with van der Waals surface area (Å²) in [5.74, 6) is 2.88. The fraction of sp³-hybridized carbons (Fsp3) is 0.261. The summed E-state index contributed by atoms with van der Waals surface area (Å²) in [7, 11) is 4.92. The molecule has 0 fully saturated rings. The Bertz CT molecular complexity index is 916. The van der Waals surface area contributed by atoms with Crippen molar-refractivity contribution in [3.8, 4) is 23.0 Å². The van der Waals surface area contributed by atoms with E-state index in [-0.39, 0.29) is 0 Å². The summed E-state index contributed by atoms with van der Waals surface area (Å²) in [6.07, 6.45) is 3.51. The van der Waals surface area contributed by atoms with Crippen LogP contribution in [0.15, 0.2) is 60.9 Å². The van der Waals surface area contributed by atoms with Gasteiger partial charge < -0.3 is 24.3 Å². The molecule has 1 N–H and O–H groups in total. The smallest absolute Gasteiger partial charge is 0.161 e. The largest absolute Gasteiger partial charge is 0.493 e. The lowest BCUT2D eigenvalue weighted by atomic mass is 10.1. The Labute approximate surface area is 171 Å². The maximum atomic E-state index is 5.89. The summed E-state index contributed by atoms with van der Waals surface area (Å²) in [6, 6.07) is 15.7. The molecule has 0 amide bonds. The molecule has 0 aliphatic heterocycles. The SMILES string of the molecule is COc1ccc(CNCc2ccc(OCc3ccncc3)c(OC)c2)cc1OC. The molecular formula is C23H26N2O4. The zero-order chi connectivity index (χ0) is 20.5. The molecule has 3 rings (SSSR count). The average Bonchev–Trinajstić information content (AvgIpc) is 2.78. The summed E-state index contributed by atoms with van der Waals surface area (Å²) < 4.78 is 22.0. The van der Waals surface area contributed by atoms with Crippen LogP contribution < -0.4 is 24.3 Å². The highest BCUT2D eigenvalue weighted by atomic mass is 16.5. The predicted octanol–water partition coefficient (Wildman–Crippen LogP) is 3.98. The Hall–Kier alpha value is -3.25. The first-order valence-electron chi connectivity index (χ1n) is 9.33. The molecule has 0 bridgehead atoms. The van der Waals surface area contributed by atoms with Crippen LogP contribution >= 0.6 is 0 Å². The predicted molar refractivity (Wildman–Crippen MR) is 112 cm³/mol. The third-order valence-electron chi connectivity index (χ3n) is 4.48. The fourth-order valence-corrected chi connectivity index (χ4v) is 2.92. The summed E-state index contributed by atoms with van der Waals surface area (Å²) in [4.78, 5) is 4.01. The van der Waals surface area contributed by atoms with E-state index >= 15 is 0 Å². The molecule has 29 heavy (non-hydrogen) atoms. The number of aromatic nitrogens is 1. The van der Waals surface area contributed by atoms with E-state index in [2.05, 4.69) is 10.3 Å². The minimum atomic E-state index is 0.468. The highest BCUT2D eigenvalue weighted by Crippen LogP contribution is 2.29. The molecular weight excluding hydrogens is 368 g/mol. The number of nitrogens with zero attached hydrogens (tertiary/aromatic N) is 1. The van der Waals surface area contributed by atoms with Gasteiger partial charge in [0.15, 0.2) is 23.0 Å². The normalized spacial score (nSPS) is 10.4. The Morgan fingerprint density at radius 2 is 1.21 bits per heavy atom. The third-order valence-corrected chi connectivity index (χ3v) is 4.48. The van der Waals surface area contributed by atoms with E-state index in [0.29, 0.717) is 31.2 Å². The summed E-state index contributed by atoms with van der Waals surface area (Å²) in [5, 5.41) is 3.44. The molecule has 6 nitrogen and oxygen atoms in total. The van der Waals surface area contributed by atoms with Gasteiger partial charge in [-0.05, 0) is 53.1 Å². The lowest BCUT2D eigenvalue weighted by Gasteiger charge is -2.13. The second-order valence-corrected chi connectivity index (χ2v) is 6.42. The Morgan fingerprint density at radius 3 is 1.79 bits per heavy atom. The number of benzene rings is 2. The fourth-order valence-electron chi connectivity index (χ4n) is 2.92. The summed E-state index contributed by atoms with van der Waals surface area (Å²) >= 11 is 0. The monoisotopic (exact) mass is 394 g/mol. The highest BCUT2D eigenvalue weighted by Gasteiger charge is 2.08. The van der Waals surface area contributed by atoms with Crippen LogP contribution in [0.4, 0.5) is 0 Å². The molecule has 1 heterocycles. The minimum absolute atomic E-state index is 0.468. The van der Waals surface area contributed by atoms with Crippen LogP contribution in [0, 0.1) is 0 Å². The quantitative estimate of drug-likeness (QED) is 0.561. The topological polar surface area (TPSA) is 61.8 Å². The van der Waals surface area contributed by atoms with Crippen molar-refractivity contribution in [2.75, 3.05) is 21.3 Å². The third kappa shape index (κ3) is 5.62. The Kier molecular flexibility index (Phi) is 7.30. The molecule has 0 aliphatic rings. The number of pyridine rings is 1. The number of ether oxygens (including phenoxy) is 4. The van der Waals surface area contributed by atoms with Gasteiger partial charge in [-0.15, -0.1) is 0 Å². The van der Waals surface area contributed by atoms with E-state index in [1.165, 1.54) is 0 Å². The second-order valence-electron chi connectivity index (χ2n) is 6.42. The molecule has 152 valence electrons. The van der Waals surface area contributed by atoms with Crippen molar-refractivity contribution in [3.05, 3.63) is 77.6 Å². The molecule has 0 spiro atoms. The molecule has 0 aliphatic carbocycles. The van der Waals surface area contributed by atoms with Gasteiger partial charge in [0.05, 0.1) is 21.3 Å². The first kappa shape index (κ1) is 20.5. The average molecular weight is 394 g/mol. The highest BCUT2D eigenvalue weighted by molar-refractivity contribution is 5.44. The summed E-state index contributed by atoms with van der Waals surface area (Å²) in [6.45, 7) is 1.88. The van der Waals surface area contributed by atoms with Crippen LogP contribution in [0.25, 0.3) is 0 Å². The van der Waals surface area contributed by atoms with Crippen molar-refractivity contribution < 1.29 is 18.9 Å². The minimum Gasteiger partial charge on any atom is -0.493 e. The van der Waals surface area contributed by atoms with Gasteiger partial charge in [0.25, 0.3) is 0 Å². The Balaban J connectivity index is 1.57. The van der Waals surface area contributed by atoms with E-state index in [1.54, 1.807) is 33.7 Å². The van der Waals surface area contributed by atoms with Gasteiger partial charge in [0.2, 0.25) is 0 Å². The molecule has 2 aromatic carbocycles. The maximum absolute atomic E-state index is 5.89. The van der Waals surface area contributed by atoms with E-state index in [4.69, 9.17) is 18.9 Å². The van der Waals surface area contributed by atoms with Crippen molar-refractivity contribution >= 4 is 0 Å². The van der Waals surface area contributed by atoms with Crippen LogP contribution in [0.3, 0.4) is 0 Å². The first-order chi connectivity index (χ1) is 14.2. The molecule has 0 radical (unpaired) electrons. The van der Waals surface area contributed by atoms with Crippen LogP contribution in [0.5, 0.6) is 23.0 Å². The van der Waals surface area contributed by atoms with Crippen molar-refractivity contribution in [1.82, 2.24) is 10.3 Å².